The van der Waals surface area contributed by atoms with Crippen LogP contribution in [0, 0.1) is 10.1 Å². The molecule has 1 fully saturated rings. The SMILES string of the molecule is CCn1cc(S(=O)(=O)NCC2(COC)CCCN2)c([N+](=O)[O-])n1. The van der Waals surface area contributed by atoms with Gasteiger partial charge in [-0.1, -0.05) is 0 Å². The van der Waals surface area contributed by atoms with E-state index in [1.165, 1.54) is 10.9 Å². The van der Waals surface area contributed by atoms with Crippen molar-refractivity contribution in [2.45, 2.75) is 36.7 Å². The minimum Gasteiger partial charge on any atom is -0.383 e. The monoisotopic (exact) mass is 347 g/mol. The second-order valence-corrected chi connectivity index (χ2v) is 7.23. The highest BCUT2D eigenvalue weighted by molar-refractivity contribution is 7.89. The van der Waals surface area contributed by atoms with E-state index in [4.69, 9.17) is 4.74 Å². The molecule has 0 radical (unpaired) electrons. The second kappa shape index (κ2) is 6.91. The van der Waals surface area contributed by atoms with E-state index >= 15 is 0 Å². The molecule has 0 aromatic carbocycles. The van der Waals surface area contributed by atoms with E-state index in [0.29, 0.717) is 13.2 Å². The molecule has 1 unspecified atom stereocenters. The highest BCUT2D eigenvalue weighted by atomic mass is 32.2. The lowest BCUT2D eigenvalue weighted by Gasteiger charge is -2.28. The van der Waals surface area contributed by atoms with Crippen molar-refractivity contribution in [2.75, 3.05) is 26.8 Å². The molecule has 1 atom stereocenters. The van der Waals surface area contributed by atoms with Crippen molar-refractivity contribution in [1.29, 1.82) is 0 Å². The number of rotatable bonds is 8. The number of hydrogen-bond acceptors (Lipinski definition) is 7. The van der Waals surface area contributed by atoms with Gasteiger partial charge in [-0.3, -0.25) is 0 Å². The van der Waals surface area contributed by atoms with Crippen LogP contribution < -0.4 is 10.0 Å². The Morgan fingerprint density at radius 2 is 2.35 bits per heavy atom. The fraction of sp³-hybridized carbons (Fsp3) is 0.750. The highest BCUT2D eigenvalue weighted by Crippen LogP contribution is 2.23. The number of sulfonamides is 1. The maximum absolute atomic E-state index is 12.5. The summed E-state index contributed by atoms with van der Waals surface area (Å²) in [5.41, 5.74) is -0.489. The summed E-state index contributed by atoms with van der Waals surface area (Å²) in [6.45, 7) is 3.28. The van der Waals surface area contributed by atoms with E-state index in [-0.39, 0.29) is 6.54 Å². The molecule has 2 rings (SSSR count). The van der Waals surface area contributed by atoms with Gasteiger partial charge in [-0.2, -0.15) is 4.68 Å². The molecule has 2 N–H and O–H groups in total. The first kappa shape index (κ1) is 17.8. The quantitative estimate of drug-likeness (QED) is 0.494. The number of methoxy groups -OCH3 is 1. The zero-order valence-corrected chi connectivity index (χ0v) is 13.9. The van der Waals surface area contributed by atoms with Crippen LogP contribution >= 0.6 is 0 Å². The molecule has 0 spiro atoms. The van der Waals surface area contributed by atoms with Gasteiger partial charge in [0.15, 0.2) is 0 Å². The molecule has 0 amide bonds. The van der Waals surface area contributed by atoms with Crippen molar-refractivity contribution in [3.05, 3.63) is 16.3 Å². The average Bonchev–Trinajstić information content (AvgIpc) is 3.13. The Morgan fingerprint density at radius 3 is 2.87 bits per heavy atom. The molecule has 1 saturated heterocycles. The van der Waals surface area contributed by atoms with Crippen LogP contribution in [0.25, 0.3) is 0 Å². The van der Waals surface area contributed by atoms with Gasteiger partial charge in [0.1, 0.15) is 0 Å². The number of hydrogen-bond donors (Lipinski definition) is 2. The smallest absolute Gasteiger partial charge is 0.383 e. The Hall–Kier alpha value is -1.56. The van der Waals surface area contributed by atoms with Crippen LogP contribution in [0.1, 0.15) is 19.8 Å². The molecule has 0 bridgehead atoms. The molecular formula is C12H21N5O5S. The highest BCUT2D eigenvalue weighted by Gasteiger charge is 2.37. The summed E-state index contributed by atoms with van der Waals surface area (Å²) in [6, 6.07) is 0. The van der Waals surface area contributed by atoms with Crippen molar-refractivity contribution in [3.8, 4) is 0 Å². The predicted octanol–water partition coefficient (Wildman–Crippen LogP) is -0.142. The van der Waals surface area contributed by atoms with Crippen LogP contribution in [-0.4, -0.2) is 55.5 Å². The van der Waals surface area contributed by atoms with E-state index < -0.39 is 31.2 Å². The third-order valence-corrected chi connectivity index (χ3v) is 5.24. The number of nitrogens with zero attached hydrogens (tertiary/aromatic N) is 3. The Balaban J connectivity index is 2.22. The molecular weight excluding hydrogens is 326 g/mol. The second-order valence-electron chi connectivity index (χ2n) is 5.50. The van der Waals surface area contributed by atoms with E-state index in [1.807, 2.05) is 0 Å². The third kappa shape index (κ3) is 3.86. The molecule has 1 aliphatic rings. The summed E-state index contributed by atoms with van der Waals surface area (Å²) < 4.78 is 33.7. The van der Waals surface area contributed by atoms with Crippen LogP contribution in [0.4, 0.5) is 5.82 Å². The molecule has 23 heavy (non-hydrogen) atoms. The summed E-state index contributed by atoms with van der Waals surface area (Å²) in [5.74, 6) is -0.667. The Kier molecular flexibility index (Phi) is 5.34. The molecule has 1 aromatic heterocycles. The van der Waals surface area contributed by atoms with Gasteiger partial charge in [-0.25, -0.2) is 13.1 Å². The number of nitrogens with one attached hydrogen (secondary N) is 2. The van der Waals surface area contributed by atoms with E-state index in [0.717, 1.165) is 19.4 Å². The van der Waals surface area contributed by atoms with Crippen molar-refractivity contribution < 1.29 is 18.1 Å². The maximum Gasteiger partial charge on any atom is 0.410 e. The summed E-state index contributed by atoms with van der Waals surface area (Å²) >= 11 is 0. The van der Waals surface area contributed by atoms with Crippen LogP contribution in [0.2, 0.25) is 0 Å². The fourth-order valence-corrected chi connectivity index (χ4v) is 3.89. The molecule has 1 aromatic rings. The molecule has 0 saturated carbocycles. The minimum absolute atomic E-state index is 0.0949. The molecule has 130 valence electrons. The van der Waals surface area contributed by atoms with Gasteiger partial charge in [0.2, 0.25) is 4.90 Å². The third-order valence-electron chi connectivity index (χ3n) is 3.85. The largest absolute Gasteiger partial charge is 0.410 e. The topological polar surface area (TPSA) is 128 Å². The minimum atomic E-state index is -4.04. The first-order chi connectivity index (χ1) is 10.8. The van der Waals surface area contributed by atoms with Crippen molar-refractivity contribution in [1.82, 2.24) is 19.8 Å². The van der Waals surface area contributed by atoms with Crippen molar-refractivity contribution in [3.63, 3.8) is 0 Å². The van der Waals surface area contributed by atoms with E-state index in [9.17, 15) is 18.5 Å². The Morgan fingerprint density at radius 1 is 1.61 bits per heavy atom. The van der Waals surface area contributed by atoms with Crippen LogP contribution in [0.5, 0.6) is 0 Å². The number of aryl methyl sites for hydroxylation is 1. The summed E-state index contributed by atoms with van der Waals surface area (Å²) in [7, 11) is -2.49. The number of nitro groups is 1. The first-order valence-corrected chi connectivity index (χ1v) is 8.77. The standard InChI is InChI=1S/C12H21N5O5S/c1-3-16-7-10(11(15-16)17(18)19)23(20,21)14-8-12(9-22-2)5-4-6-13-12/h7,13-14H,3-6,8-9H2,1-2H3. The van der Waals surface area contributed by atoms with Gasteiger partial charge in [0.05, 0.1) is 30.0 Å². The van der Waals surface area contributed by atoms with Gasteiger partial charge < -0.3 is 20.2 Å². The molecule has 1 aliphatic heterocycles. The van der Waals surface area contributed by atoms with Crippen LogP contribution in [0.3, 0.4) is 0 Å². The average molecular weight is 347 g/mol. The maximum atomic E-state index is 12.5. The lowest BCUT2D eigenvalue weighted by molar-refractivity contribution is -0.392. The molecule has 0 aliphatic carbocycles. The van der Waals surface area contributed by atoms with Crippen molar-refractivity contribution in [2.24, 2.45) is 0 Å². The summed E-state index contributed by atoms with van der Waals surface area (Å²) in [4.78, 5) is 9.82. The summed E-state index contributed by atoms with van der Waals surface area (Å²) in [5, 5.41) is 18.0. The number of ether oxygens (including phenoxy) is 1. The zero-order valence-electron chi connectivity index (χ0n) is 13.1. The molecule has 2 heterocycles. The first-order valence-electron chi connectivity index (χ1n) is 7.29. The van der Waals surface area contributed by atoms with Gasteiger partial charge in [0, 0.05) is 13.7 Å². The van der Waals surface area contributed by atoms with Crippen molar-refractivity contribution >= 4 is 15.8 Å². The van der Waals surface area contributed by atoms with Gasteiger partial charge >= 0.3 is 5.82 Å². The predicted molar refractivity (Wildman–Crippen MR) is 81.6 cm³/mol. The van der Waals surface area contributed by atoms with Gasteiger partial charge in [0.25, 0.3) is 10.0 Å². The van der Waals surface area contributed by atoms with Gasteiger partial charge in [-0.15, -0.1) is 0 Å². The Bertz CT molecular complexity index is 665. The fourth-order valence-electron chi connectivity index (χ4n) is 2.65. The molecule has 10 nitrogen and oxygen atoms in total. The van der Waals surface area contributed by atoms with Gasteiger partial charge in [-0.05, 0) is 31.2 Å². The van der Waals surface area contributed by atoms with E-state index in [1.54, 1.807) is 14.0 Å². The molecule has 11 heteroatoms. The zero-order chi connectivity index (χ0) is 17.1. The van der Waals surface area contributed by atoms with E-state index in [2.05, 4.69) is 15.1 Å². The normalized spacial score (nSPS) is 21.7. The lowest BCUT2D eigenvalue weighted by Crippen LogP contribution is -2.52. The Labute approximate surface area is 134 Å². The summed E-state index contributed by atoms with van der Waals surface area (Å²) in [6.07, 6.45) is 2.85. The number of aromatic nitrogens is 2. The van der Waals surface area contributed by atoms with Crippen LogP contribution in [0.15, 0.2) is 11.1 Å². The lowest BCUT2D eigenvalue weighted by atomic mass is 9.99. The van der Waals surface area contributed by atoms with Crippen LogP contribution in [-0.2, 0) is 21.3 Å².